The van der Waals surface area contributed by atoms with Gasteiger partial charge in [-0.3, -0.25) is 0 Å². The summed E-state index contributed by atoms with van der Waals surface area (Å²) in [5.41, 5.74) is 1.07. The Labute approximate surface area is 138 Å². The van der Waals surface area contributed by atoms with Crippen molar-refractivity contribution in [1.82, 2.24) is 5.32 Å². The average Bonchev–Trinajstić information content (AvgIpc) is 2.87. The van der Waals surface area contributed by atoms with Crippen molar-refractivity contribution in [2.75, 3.05) is 13.7 Å². The molecule has 0 amide bonds. The van der Waals surface area contributed by atoms with Crippen LogP contribution >= 0.6 is 27.5 Å². The lowest BCUT2D eigenvalue weighted by molar-refractivity contribution is 0.162. The van der Waals surface area contributed by atoms with Gasteiger partial charge in [0.25, 0.3) is 0 Å². The second kappa shape index (κ2) is 7.99. The number of nitrogens with one attached hydrogen (secondary N) is 1. The lowest BCUT2D eigenvalue weighted by Crippen LogP contribution is -2.22. The van der Waals surface area contributed by atoms with E-state index in [4.69, 9.17) is 20.8 Å². The molecule has 1 unspecified atom stereocenters. The third-order valence-corrected chi connectivity index (χ3v) is 3.75. The predicted octanol–water partition coefficient (Wildman–Crippen LogP) is 4.93. The molecule has 0 aliphatic carbocycles. The summed E-state index contributed by atoms with van der Waals surface area (Å²) in [6.45, 7) is 3.51. The van der Waals surface area contributed by atoms with E-state index in [1.807, 2.05) is 24.3 Å². The maximum absolute atomic E-state index is 6.16. The first kappa shape index (κ1) is 16.6. The molecule has 1 aromatic carbocycles. The minimum absolute atomic E-state index is 0.0226. The van der Waals surface area contributed by atoms with Crippen molar-refractivity contribution in [2.45, 2.75) is 26.0 Å². The molecule has 2 aromatic rings. The van der Waals surface area contributed by atoms with Crippen LogP contribution in [0, 0.1) is 0 Å². The molecule has 1 atom stereocenters. The molecule has 5 heteroatoms. The van der Waals surface area contributed by atoms with E-state index < -0.39 is 0 Å². The van der Waals surface area contributed by atoms with Gasteiger partial charge in [0.05, 0.1) is 6.04 Å². The van der Waals surface area contributed by atoms with Crippen LogP contribution < -0.4 is 5.32 Å². The number of methoxy groups -OCH3 is 1. The number of furan rings is 1. The van der Waals surface area contributed by atoms with Crippen molar-refractivity contribution in [3.8, 4) is 0 Å². The fraction of sp³-hybridized carbons (Fsp3) is 0.375. The van der Waals surface area contributed by atoms with Crippen LogP contribution in [0.4, 0.5) is 0 Å². The van der Waals surface area contributed by atoms with Crippen LogP contribution in [0.15, 0.2) is 39.2 Å². The fourth-order valence-corrected chi connectivity index (χ4v) is 3.07. The van der Waals surface area contributed by atoms with Gasteiger partial charge in [0, 0.05) is 16.6 Å². The Balaban J connectivity index is 2.31. The summed E-state index contributed by atoms with van der Waals surface area (Å²) in [4.78, 5) is 0. The lowest BCUT2D eigenvalue weighted by Gasteiger charge is -2.17. The molecule has 0 saturated carbocycles. The van der Waals surface area contributed by atoms with Crippen LogP contribution in [0.25, 0.3) is 0 Å². The highest BCUT2D eigenvalue weighted by Gasteiger charge is 2.18. The number of rotatable bonds is 7. The summed E-state index contributed by atoms with van der Waals surface area (Å²) >= 11 is 9.65. The van der Waals surface area contributed by atoms with Gasteiger partial charge in [0.1, 0.15) is 18.1 Å². The molecule has 3 nitrogen and oxygen atoms in total. The predicted molar refractivity (Wildman–Crippen MR) is 88.7 cm³/mol. The SMILES string of the molecule is CCCNC(c1cc(Cl)cc(Br)c1)c1ccc(COC)o1. The monoisotopic (exact) mass is 371 g/mol. The first-order chi connectivity index (χ1) is 10.1. The van der Waals surface area contributed by atoms with Gasteiger partial charge < -0.3 is 14.5 Å². The van der Waals surface area contributed by atoms with Crippen molar-refractivity contribution in [3.63, 3.8) is 0 Å². The van der Waals surface area contributed by atoms with E-state index in [9.17, 15) is 0 Å². The van der Waals surface area contributed by atoms with Gasteiger partial charge in [-0.1, -0.05) is 34.5 Å². The molecule has 114 valence electrons. The van der Waals surface area contributed by atoms with Crippen LogP contribution in [-0.2, 0) is 11.3 Å². The standard InChI is InChI=1S/C16H19BrClNO2/c1-3-6-19-16(11-7-12(17)9-13(18)8-11)15-5-4-14(21-15)10-20-2/h4-5,7-9,16,19H,3,6,10H2,1-2H3. The van der Waals surface area contributed by atoms with Gasteiger partial charge in [-0.05, 0) is 48.9 Å². The van der Waals surface area contributed by atoms with E-state index in [-0.39, 0.29) is 6.04 Å². The van der Waals surface area contributed by atoms with Gasteiger partial charge in [-0.2, -0.15) is 0 Å². The third kappa shape index (κ3) is 4.58. The Morgan fingerprint density at radius 1 is 1.33 bits per heavy atom. The third-order valence-electron chi connectivity index (χ3n) is 3.07. The maximum atomic E-state index is 6.16. The highest BCUT2D eigenvalue weighted by atomic mass is 79.9. The summed E-state index contributed by atoms with van der Waals surface area (Å²) in [6.07, 6.45) is 1.05. The quantitative estimate of drug-likeness (QED) is 0.748. The van der Waals surface area contributed by atoms with Crippen molar-refractivity contribution in [2.24, 2.45) is 0 Å². The van der Waals surface area contributed by atoms with Gasteiger partial charge in [0.2, 0.25) is 0 Å². The Morgan fingerprint density at radius 2 is 2.14 bits per heavy atom. The first-order valence-electron chi connectivity index (χ1n) is 6.91. The minimum Gasteiger partial charge on any atom is -0.462 e. The Morgan fingerprint density at radius 3 is 2.81 bits per heavy atom. The van der Waals surface area contributed by atoms with E-state index in [0.717, 1.165) is 34.5 Å². The molecular formula is C16H19BrClNO2. The van der Waals surface area contributed by atoms with Gasteiger partial charge in [0.15, 0.2) is 0 Å². The smallest absolute Gasteiger partial charge is 0.129 e. The topological polar surface area (TPSA) is 34.4 Å². The molecule has 0 radical (unpaired) electrons. The first-order valence-corrected chi connectivity index (χ1v) is 8.08. The summed E-state index contributed by atoms with van der Waals surface area (Å²) in [5.74, 6) is 1.68. The normalized spacial score (nSPS) is 12.6. The van der Waals surface area contributed by atoms with Crippen LogP contribution in [0.3, 0.4) is 0 Å². The van der Waals surface area contributed by atoms with Crippen LogP contribution in [0.5, 0.6) is 0 Å². The molecule has 1 aromatic heterocycles. The molecule has 0 aliphatic rings. The summed E-state index contributed by atoms with van der Waals surface area (Å²) in [5, 5.41) is 4.20. The van der Waals surface area contributed by atoms with Crippen molar-refractivity contribution in [1.29, 1.82) is 0 Å². The van der Waals surface area contributed by atoms with E-state index in [1.165, 1.54) is 0 Å². The van der Waals surface area contributed by atoms with Crippen LogP contribution in [0.2, 0.25) is 5.02 Å². The van der Waals surface area contributed by atoms with Crippen molar-refractivity contribution in [3.05, 3.63) is 56.9 Å². The highest BCUT2D eigenvalue weighted by Crippen LogP contribution is 2.29. The van der Waals surface area contributed by atoms with E-state index in [1.54, 1.807) is 7.11 Å². The fourth-order valence-electron chi connectivity index (χ4n) is 2.18. The molecule has 21 heavy (non-hydrogen) atoms. The van der Waals surface area contributed by atoms with Crippen LogP contribution in [0.1, 0.15) is 36.5 Å². The molecule has 2 rings (SSSR count). The number of hydrogen-bond donors (Lipinski definition) is 1. The Kier molecular flexibility index (Phi) is 6.30. The maximum Gasteiger partial charge on any atom is 0.129 e. The van der Waals surface area contributed by atoms with E-state index >= 15 is 0 Å². The van der Waals surface area contributed by atoms with Crippen molar-refractivity contribution < 1.29 is 9.15 Å². The molecule has 0 saturated heterocycles. The summed E-state index contributed by atoms with van der Waals surface area (Å²) < 4.78 is 11.9. The minimum atomic E-state index is -0.0226. The summed E-state index contributed by atoms with van der Waals surface area (Å²) in [6, 6.07) is 9.79. The van der Waals surface area contributed by atoms with Gasteiger partial charge in [-0.25, -0.2) is 0 Å². The number of hydrogen-bond acceptors (Lipinski definition) is 3. The summed E-state index contributed by atoms with van der Waals surface area (Å²) in [7, 11) is 1.66. The van der Waals surface area contributed by atoms with E-state index in [0.29, 0.717) is 11.6 Å². The van der Waals surface area contributed by atoms with Crippen LogP contribution in [-0.4, -0.2) is 13.7 Å². The lowest BCUT2D eigenvalue weighted by atomic mass is 10.0. The molecule has 0 aliphatic heterocycles. The number of ether oxygens (including phenoxy) is 1. The second-order valence-electron chi connectivity index (χ2n) is 4.83. The molecular weight excluding hydrogens is 354 g/mol. The highest BCUT2D eigenvalue weighted by molar-refractivity contribution is 9.10. The van der Waals surface area contributed by atoms with E-state index in [2.05, 4.69) is 34.2 Å². The van der Waals surface area contributed by atoms with Crippen molar-refractivity contribution >= 4 is 27.5 Å². The molecule has 1 heterocycles. The molecule has 1 N–H and O–H groups in total. The zero-order chi connectivity index (χ0) is 15.2. The molecule has 0 bridgehead atoms. The zero-order valence-electron chi connectivity index (χ0n) is 12.2. The Bertz CT molecular complexity index is 565. The largest absolute Gasteiger partial charge is 0.462 e. The molecule has 0 fully saturated rings. The number of benzene rings is 1. The van der Waals surface area contributed by atoms with Gasteiger partial charge >= 0.3 is 0 Å². The average molecular weight is 373 g/mol. The zero-order valence-corrected chi connectivity index (χ0v) is 14.5. The van der Waals surface area contributed by atoms with Gasteiger partial charge in [-0.15, -0.1) is 0 Å². The number of halogens is 2. The second-order valence-corrected chi connectivity index (χ2v) is 6.18. The Hall–Kier alpha value is -0.810. The molecule has 0 spiro atoms.